The average molecular weight is 400 g/mol. The number of carboxylic acids is 2. The van der Waals surface area contributed by atoms with Gasteiger partial charge in [-0.1, -0.05) is 30.3 Å². The number of carbonyl (C=O) groups excluding carboxylic acids is 1. The summed E-state index contributed by atoms with van der Waals surface area (Å²) >= 11 is 0. The Bertz CT molecular complexity index is 803. The number of rotatable bonds is 4. The number of methoxy groups -OCH3 is 1. The number of benzene rings is 2. The summed E-state index contributed by atoms with van der Waals surface area (Å²) in [5.41, 5.74) is 2.05. The molecule has 8 nitrogen and oxygen atoms in total. The van der Waals surface area contributed by atoms with Crippen LogP contribution in [-0.2, 0) is 16.1 Å². The lowest BCUT2D eigenvalue weighted by atomic mass is 10.1. The van der Waals surface area contributed by atoms with Gasteiger partial charge in [0.1, 0.15) is 5.75 Å². The van der Waals surface area contributed by atoms with Gasteiger partial charge in [-0.25, -0.2) is 9.59 Å². The molecule has 3 rings (SSSR count). The van der Waals surface area contributed by atoms with E-state index < -0.39 is 11.9 Å². The number of hydrogen-bond donors (Lipinski definition) is 2. The van der Waals surface area contributed by atoms with Crippen LogP contribution in [0.15, 0.2) is 54.6 Å². The van der Waals surface area contributed by atoms with Crippen LogP contribution in [0.1, 0.15) is 15.9 Å². The first-order chi connectivity index (χ1) is 13.9. The van der Waals surface area contributed by atoms with Crippen LogP contribution < -0.4 is 4.74 Å². The Balaban J connectivity index is 0.000000438. The molecular weight excluding hydrogens is 376 g/mol. The number of hydrogen-bond acceptors (Lipinski definition) is 5. The molecule has 1 amide bonds. The highest BCUT2D eigenvalue weighted by Crippen LogP contribution is 2.15. The molecule has 2 aromatic carbocycles. The lowest BCUT2D eigenvalue weighted by Gasteiger charge is -2.34. The van der Waals surface area contributed by atoms with E-state index in [4.69, 9.17) is 24.5 Å². The van der Waals surface area contributed by atoms with E-state index in [1.165, 1.54) is 5.56 Å². The number of carboxylic acid groups (broad SMARTS) is 2. The molecule has 1 fully saturated rings. The number of carbonyl (C=O) groups is 3. The molecule has 154 valence electrons. The Morgan fingerprint density at radius 1 is 0.862 bits per heavy atom. The molecule has 0 unspecified atom stereocenters. The van der Waals surface area contributed by atoms with Gasteiger partial charge in [-0.3, -0.25) is 9.69 Å². The lowest BCUT2D eigenvalue weighted by molar-refractivity contribution is -0.159. The summed E-state index contributed by atoms with van der Waals surface area (Å²) in [6.07, 6.45) is 0. The number of ether oxygens (including phenoxy) is 1. The molecule has 8 heteroatoms. The first-order valence-electron chi connectivity index (χ1n) is 9.06. The van der Waals surface area contributed by atoms with E-state index >= 15 is 0 Å². The van der Waals surface area contributed by atoms with Gasteiger partial charge in [0.15, 0.2) is 0 Å². The van der Waals surface area contributed by atoms with Crippen LogP contribution in [0.3, 0.4) is 0 Å². The third-order valence-corrected chi connectivity index (χ3v) is 4.43. The topological polar surface area (TPSA) is 107 Å². The maximum Gasteiger partial charge on any atom is 0.414 e. The molecule has 1 heterocycles. The van der Waals surface area contributed by atoms with Crippen molar-refractivity contribution in [2.45, 2.75) is 6.54 Å². The fraction of sp³-hybridized carbons (Fsp3) is 0.286. The molecule has 1 aliphatic rings. The van der Waals surface area contributed by atoms with Gasteiger partial charge in [0.05, 0.1) is 7.11 Å². The Labute approximate surface area is 168 Å². The van der Waals surface area contributed by atoms with Gasteiger partial charge in [0.25, 0.3) is 5.91 Å². The number of piperazine rings is 1. The summed E-state index contributed by atoms with van der Waals surface area (Å²) in [4.78, 5) is 35.1. The zero-order chi connectivity index (χ0) is 21.2. The molecule has 2 aromatic rings. The number of amides is 1. The third-order valence-electron chi connectivity index (χ3n) is 4.43. The number of nitrogens with zero attached hydrogens (tertiary/aromatic N) is 2. The van der Waals surface area contributed by atoms with Crippen molar-refractivity contribution in [3.05, 3.63) is 65.7 Å². The predicted molar refractivity (Wildman–Crippen MR) is 106 cm³/mol. The molecule has 0 bridgehead atoms. The SMILES string of the molecule is COc1ccc(C(=O)N2CCN(Cc3ccccc3)CC2)cc1.O=C(O)C(=O)O. The summed E-state index contributed by atoms with van der Waals surface area (Å²) < 4.78 is 5.13. The van der Waals surface area contributed by atoms with Gasteiger partial charge < -0.3 is 19.8 Å². The molecule has 1 aliphatic heterocycles. The van der Waals surface area contributed by atoms with Crippen molar-refractivity contribution in [1.82, 2.24) is 9.80 Å². The number of aliphatic carboxylic acids is 2. The minimum atomic E-state index is -1.82. The Morgan fingerprint density at radius 2 is 1.41 bits per heavy atom. The average Bonchev–Trinajstić information content (AvgIpc) is 2.75. The van der Waals surface area contributed by atoms with Gasteiger partial charge in [0, 0.05) is 38.3 Å². The monoisotopic (exact) mass is 400 g/mol. The molecule has 0 aliphatic carbocycles. The van der Waals surface area contributed by atoms with Gasteiger partial charge >= 0.3 is 11.9 Å². The molecule has 0 spiro atoms. The van der Waals surface area contributed by atoms with Crippen molar-refractivity contribution in [2.75, 3.05) is 33.3 Å². The Morgan fingerprint density at radius 3 is 1.90 bits per heavy atom. The molecule has 2 N–H and O–H groups in total. The van der Waals surface area contributed by atoms with Crippen molar-refractivity contribution >= 4 is 17.8 Å². The largest absolute Gasteiger partial charge is 0.497 e. The van der Waals surface area contributed by atoms with Crippen molar-refractivity contribution in [1.29, 1.82) is 0 Å². The normalized spacial score (nSPS) is 13.8. The second kappa shape index (κ2) is 10.8. The second-order valence-corrected chi connectivity index (χ2v) is 6.39. The zero-order valence-electron chi connectivity index (χ0n) is 16.2. The molecule has 0 atom stereocenters. The van der Waals surface area contributed by atoms with Crippen molar-refractivity contribution in [3.63, 3.8) is 0 Å². The smallest absolute Gasteiger partial charge is 0.414 e. The minimum Gasteiger partial charge on any atom is -0.497 e. The molecule has 0 aromatic heterocycles. The minimum absolute atomic E-state index is 0.104. The summed E-state index contributed by atoms with van der Waals surface area (Å²) in [5.74, 6) is -2.77. The fourth-order valence-electron chi connectivity index (χ4n) is 2.87. The van der Waals surface area contributed by atoms with Crippen LogP contribution in [-0.4, -0.2) is 71.1 Å². The first-order valence-corrected chi connectivity index (χ1v) is 9.06. The Kier molecular flexibility index (Phi) is 8.17. The van der Waals surface area contributed by atoms with Crippen LogP contribution in [0, 0.1) is 0 Å². The standard InChI is InChI=1S/C19H22N2O2.C2H2O4/c1-23-18-9-7-17(8-10-18)19(22)21-13-11-20(12-14-21)15-16-5-3-2-4-6-16;3-1(4)2(5)6/h2-10H,11-15H2,1H3;(H,3,4)(H,5,6). The maximum atomic E-state index is 12.5. The van der Waals surface area contributed by atoms with Gasteiger partial charge in [-0.05, 0) is 29.8 Å². The van der Waals surface area contributed by atoms with E-state index in [-0.39, 0.29) is 5.91 Å². The highest BCUT2D eigenvalue weighted by Gasteiger charge is 2.22. The highest BCUT2D eigenvalue weighted by molar-refractivity contribution is 6.27. The van der Waals surface area contributed by atoms with Gasteiger partial charge in [-0.15, -0.1) is 0 Å². The lowest BCUT2D eigenvalue weighted by Crippen LogP contribution is -2.48. The molecule has 1 saturated heterocycles. The van der Waals surface area contributed by atoms with Crippen LogP contribution in [0.5, 0.6) is 5.75 Å². The van der Waals surface area contributed by atoms with E-state index in [0.717, 1.165) is 44.0 Å². The third kappa shape index (κ3) is 6.93. The quantitative estimate of drug-likeness (QED) is 0.754. The molecule has 0 radical (unpaired) electrons. The summed E-state index contributed by atoms with van der Waals surface area (Å²) in [7, 11) is 1.63. The van der Waals surface area contributed by atoms with Crippen molar-refractivity contribution in [3.8, 4) is 5.75 Å². The second-order valence-electron chi connectivity index (χ2n) is 6.39. The van der Waals surface area contributed by atoms with Gasteiger partial charge in [0.2, 0.25) is 0 Å². The molecular formula is C21H24N2O6. The van der Waals surface area contributed by atoms with E-state index in [1.54, 1.807) is 7.11 Å². The Hall–Kier alpha value is -3.39. The molecule has 29 heavy (non-hydrogen) atoms. The van der Waals surface area contributed by atoms with E-state index in [0.29, 0.717) is 0 Å². The molecule has 0 saturated carbocycles. The first kappa shape index (κ1) is 21.9. The van der Waals surface area contributed by atoms with Crippen molar-refractivity contribution in [2.24, 2.45) is 0 Å². The summed E-state index contributed by atoms with van der Waals surface area (Å²) in [5, 5.41) is 14.8. The van der Waals surface area contributed by atoms with Gasteiger partial charge in [-0.2, -0.15) is 0 Å². The summed E-state index contributed by atoms with van der Waals surface area (Å²) in [6, 6.07) is 17.8. The van der Waals surface area contributed by atoms with E-state index in [9.17, 15) is 4.79 Å². The van der Waals surface area contributed by atoms with Crippen LogP contribution in [0.25, 0.3) is 0 Å². The van der Waals surface area contributed by atoms with E-state index in [2.05, 4.69) is 29.2 Å². The van der Waals surface area contributed by atoms with Crippen LogP contribution >= 0.6 is 0 Å². The summed E-state index contributed by atoms with van der Waals surface area (Å²) in [6.45, 7) is 4.33. The predicted octanol–water partition coefficient (Wildman–Crippen LogP) is 1.81. The zero-order valence-corrected chi connectivity index (χ0v) is 16.2. The van der Waals surface area contributed by atoms with E-state index in [1.807, 2.05) is 35.2 Å². The fourth-order valence-corrected chi connectivity index (χ4v) is 2.87. The van der Waals surface area contributed by atoms with Crippen LogP contribution in [0.4, 0.5) is 0 Å². The van der Waals surface area contributed by atoms with Crippen molar-refractivity contribution < 1.29 is 29.3 Å². The highest BCUT2D eigenvalue weighted by atomic mass is 16.5. The maximum absolute atomic E-state index is 12.5. The van der Waals surface area contributed by atoms with Crippen LogP contribution in [0.2, 0.25) is 0 Å².